The molecule has 1 aliphatic rings. The molecule has 0 aliphatic carbocycles. The number of aromatic nitrogens is 5. The molecule has 1 N–H and O–H groups in total. The molecule has 13 heteroatoms. The molecule has 3 heterocycles. The Bertz CT molecular complexity index is 1290. The normalized spacial score (nSPS) is 20.6. The molecule has 0 fully saturated rings. The predicted molar refractivity (Wildman–Crippen MR) is 139 cm³/mol. The number of sulfonamides is 1. The lowest BCUT2D eigenvalue weighted by atomic mass is 10.0. The van der Waals surface area contributed by atoms with Crippen LogP contribution in [0.3, 0.4) is 0 Å². The molecule has 0 saturated heterocycles. The SMILES string of the molecule is C[C@H](CO)N1C[C@H](C)[C@H](CN(C)S(=O)(=O)c2ccc(-n3cccn3)cc2)OCc2cn(nn2)CCCC1=O. The molecule has 0 saturated carbocycles. The van der Waals surface area contributed by atoms with Crippen molar-refractivity contribution in [3.8, 4) is 5.69 Å². The molecular weight excluding hydrogens is 510 g/mol. The van der Waals surface area contributed by atoms with Gasteiger partial charge < -0.3 is 14.7 Å². The summed E-state index contributed by atoms with van der Waals surface area (Å²) in [5.74, 6) is -0.307. The van der Waals surface area contributed by atoms with Crippen LogP contribution in [0.4, 0.5) is 0 Å². The van der Waals surface area contributed by atoms with Gasteiger partial charge in [0.25, 0.3) is 0 Å². The number of carbonyl (C=O) groups excluding carboxylic acids is 1. The van der Waals surface area contributed by atoms with Crippen molar-refractivity contribution < 1.29 is 23.1 Å². The number of ether oxygens (including phenoxy) is 1. The standard InChI is InChI=1S/C25H35N7O5S/c1-19-14-31(20(2)17-33)25(34)6-4-12-30-15-21(27-28-30)18-37-24(19)16-29(3)38(35,36)23-9-7-22(8-10-23)32-13-5-11-26-32/h5,7-11,13,15,19-20,24,33H,4,6,12,14,16-18H2,1-3H3/t19-,20+,24-/m0/s1. The van der Waals surface area contributed by atoms with Gasteiger partial charge in [0.15, 0.2) is 0 Å². The van der Waals surface area contributed by atoms with Crippen molar-refractivity contribution in [3.63, 3.8) is 0 Å². The van der Waals surface area contributed by atoms with Crippen LogP contribution >= 0.6 is 0 Å². The van der Waals surface area contributed by atoms with Crippen molar-refractivity contribution >= 4 is 15.9 Å². The van der Waals surface area contributed by atoms with Crippen LogP contribution in [0.15, 0.2) is 53.8 Å². The number of likely N-dealkylation sites (N-methyl/N-ethyl adjacent to an activating group) is 1. The van der Waals surface area contributed by atoms with Gasteiger partial charge in [-0.3, -0.25) is 9.48 Å². The molecule has 2 bridgehead atoms. The van der Waals surface area contributed by atoms with Gasteiger partial charge in [0.2, 0.25) is 15.9 Å². The van der Waals surface area contributed by atoms with Crippen molar-refractivity contribution in [2.24, 2.45) is 5.92 Å². The summed E-state index contributed by atoms with van der Waals surface area (Å²) < 4.78 is 37.7. The number of fused-ring (bicyclic) bond motifs is 2. The monoisotopic (exact) mass is 545 g/mol. The molecule has 3 aromatic rings. The zero-order valence-corrected chi connectivity index (χ0v) is 22.7. The maximum atomic E-state index is 13.4. The van der Waals surface area contributed by atoms with E-state index in [2.05, 4.69) is 15.4 Å². The van der Waals surface area contributed by atoms with Crippen molar-refractivity contribution in [2.75, 3.05) is 26.7 Å². The van der Waals surface area contributed by atoms with Crippen molar-refractivity contribution in [1.29, 1.82) is 0 Å². The minimum absolute atomic E-state index is 0.0636. The number of nitrogens with zero attached hydrogens (tertiary/aromatic N) is 7. The van der Waals surface area contributed by atoms with Gasteiger partial charge in [-0.15, -0.1) is 5.10 Å². The van der Waals surface area contributed by atoms with E-state index in [-0.39, 0.29) is 42.5 Å². The molecule has 1 amide bonds. The Balaban J connectivity index is 1.55. The van der Waals surface area contributed by atoms with Crippen molar-refractivity contribution in [3.05, 3.63) is 54.6 Å². The molecule has 38 heavy (non-hydrogen) atoms. The van der Waals surface area contributed by atoms with E-state index in [4.69, 9.17) is 4.74 Å². The van der Waals surface area contributed by atoms with Gasteiger partial charge in [-0.2, -0.15) is 9.40 Å². The van der Waals surface area contributed by atoms with Gasteiger partial charge in [-0.1, -0.05) is 12.1 Å². The van der Waals surface area contributed by atoms with Gasteiger partial charge >= 0.3 is 0 Å². The van der Waals surface area contributed by atoms with Crippen LogP contribution in [-0.2, 0) is 32.7 Å². The van der Waals surface area contributed by atoms with Crippen LogP contribution in [0.25, 0.3) is 5.69 Å². The Morgan fingerprint density at radius 1 is 1.26 bits per heavy atom. The third kappa shape index (κ3) is 6.46. The van der Waals surface area contributed by atoms with Gasteiger partial charge in [-0.05, 0) is 43.7 Å². The van der Waals surface area contributed by atoms with E-state index in [1.165, 1.54) is 11.4 Å². The van der Waals surface area contributed by atoms with E-state index in [0.717, 1.165) is 5.69 Å². The quantitative estimate of drug-likeness (QED) is 0.469. The summed E-state index contributed by atoms with van der Waals surface area (Å²) >= 11 is 0. The molecular formula is C25H35N7O5S. The van der Waals surface area contributed by atoms with Gasteiger partial charge in [0.05, 0.1) is 42.1 Å². The second-order valence-corrected chi connectivity index (χ2v) is 11.8. The van der Waals surface area contributed by atoms with Gasteiger partial charge in [-0.25, -0.2) is 13.1 Å². The van der Waals surface area contributed by atoms with E-state index in [9.17, 15) is 18.3 Å². The zero-order chi connectivity index (χ0) is 27.3. The Labute approximate surface area is 222 Å². The molecule has 0 unspecified atom stereocenters. The highest BCUT2D eigenvalue weighted by atomic mass is 32.2. The highest BCUT2D eigenvalue weighted by Gasteiger charge is 2.31. The summed E-state index contributed by atoms with van der Waals surface area (Å²) in [4.78, 5) is 14.8. The van der Waals surface area contributed by atoms with Crippen LogP contribution in [-0.4, -0.2) is 92.3 Å². The first-order valence-electron chi connectivity index (χ1n) is 12.7. The number of carbonyl (C=O) groups is 1. The summed E-state index contributed by atoms with van der Waals surface area (Å²) in [5.41, 5.74) is 1.38. The smallest absolute Gasteiger partial charge is 0.242 e. The number of aliphatic hydroxyl groups is 1. The average molecular weight is 546 g/mol. The minimum atomic E-state index is -3.82. The molecule has 12 nitrogen and oxygen atoms in total. The molecule has 1 aliphatic heterocycles. The molecule has 3 atom stereocenters. The van der Waals surface area contributed by atoms with Crippen LogP contribution in [0.2, 0.25) is 0 Å². The number of aliphatic hydroxyl groups excluding tert-OH is 1. The fourth-order valence-corrected chi connectivity index (χ4v) is 5.60. The summed E-state index contributed by atoms with van der Waals surface area (Å²) in [6, 6.07) is 7.94. The Kier molecular flexibility index (Phi) is 8.92. The Hall–Kier alpha value is -3.13. The van der Waals surface area contributed by atoms with Crippen LogP contribution in [0.5, 0.6) is 0 Å². The zero-order valence-electron chi connectivity index (χ0n) is 21.9. The van der Waals surface area contributed by atoms with E-state index >= 15 is 0 Å². The predicted octanol–water partition coefficient (Wildman–Crippen LogP) is 1.31. The van der Waals surface area contributed by atoms with Crippen LogP contribution < -0.4 is 0 Å². The first kappa shape index (κ1) is 27.9. The maximum Gasteiger partial charge on any atom is 0.242 e. The van der Waals surface area contributed by atoms with Crippen molar-refractivity contribution in [1.82, 2.24) is 34.0 Å². The Morgan fingerprint density at radius 2 is 2.03 bits per heavy atom. The van der Waals surface area contributed by atoms with E-state index in [1.54, 1.807) is 70.1 Å². The molecule has 206 valence electrons. The lowest BCUT2D eigenvalue weighted by Crippen LogP contribution is -2.47. The third-order valence-corrected chi connectivity index (χ3v) is 8.63. The number of hydrogen-bond donors (Lipinski definition) is 1. The van der Waals surface area contributed by atoms with Gasteiger partial charge in [0.1, 0.15) is 5.69 Å². The lowest BCUT2D eigenvalue weighted by Gasteiger charge is -2.35. The number of aryl methyl sites for hydroxylation is 1. The van der Waals surface area contributed by atoms with E-state index in [1.807, 2.05) is 6.92 Å². The Morgan fingerprint density at radius 3 is 2.71 bits per heavy atom. The number of amides is 1. The van der Waals surface area contributed by atoms with E-state index in [0.29, 0.717) is 31.6 Å². The summed E-state index contributed by atoms with van der Waals surface area (Å²) in [6.07, 6.45) is 5.56. The molecule has 1 aromatic carbocycles. The first-order chi connectivity index (χ1) is 18.2. The topological polar surface area (TPSA) is 136 Å². The third-order valence-electron chi connectivity index (χ3n) is 6.80. The van der Waals surface area contributed by atoms with Crippen LogP contribution in [0.1, 0.15) is 32.4 Å². The fraction of sp³-hybridized carbons (Fsp3) is 0.520. The maximum absolute atomic E-state index is 13.4. The largest absolute Gasteiger partial charge is 0.394 e. The van der Waals surface area contributed by atoms with Gasteiger partial charge in [0, 0.05) is 51.4 Å². The highest BCUT2D eigenvalue weighted by molar-refractivity contribution is 7.89. The molecule has 0 radical (unpaired) electrons. The van der Waals surface area contributed by atoms with Crippen LogP contribution in [0, 0.1) is 5.92 Å². The summed E-state index contributed by atoms with van der Waals surface area (Å²) in [5, 5.41) is 22.2. The van der Waals surface area contributed by atoms with E-state index < -0.39 is 16.1 Å². The molecule has 4 rings (SSSR count). The second kappa shape index (κ2) is 12.2. The first-order valence-corrected chi connectivity index (χ1v) is 14.1. The minimum Gasteiger partial charge on any atom is -0.394 e. The van der Waals surface area contributed by atoms with Crippen molar-refractivity contribution in [2.45, 2.75) is 56.9 Å². The number of benzene rings is 1. The highest BCUT2D eigenvalue weighted by Crippen LogP contribution is 2.21. The summed E-state index contributed by atoms with van der Waals surface area (Å²) in [7, 11) is -2.30. The number of hydrogen-bond acceptors (Lipinski definition) is 8. The molecule has 2 aromatic heterocycles. The number of rotatable bonds is 7. The lowest BCUT2D eigenvalue weighted by molar-refractivity contribution is -0.136. The molecule has 0 spiro atoms. The fourth-order valence-electron chi connectivity index (χ4n) is 4.42. The average Bonchev–Trinajstić information content (AvgIpc) is 3.61. The summed E-state index contributed by atoms with van der Waals surface area (Å²) in [6.45, 7) is 4.63. The second-order valence-electron chi connectivity index (χ2n) is 9.71.